The standard InChI is InChI=1S/C9H15N5O3/c1-5(8(15)16)3-10-9(17)13-6(2)7-11-4-12-14-7/h4-6H,3H2,1-2H3,(H,15,16)(H2,10,13,17)(H,11,12,14). The molecule has 94 valence electrons. The van der Waals surface area contributed by atoms with Crippen LogP contribution in [0.4, 0.5) is 4.79 Å². The number of amides is 2. The van der Waals surface area contributed by atoms with E-state index in [4.69, 9.17) is 5.11 Å². The lowest BCUT2D eigenvalue weighted by Crippen LogP contribution is -2.40. The Balaban J connectivity index is 2.32. The molecule has 1 heterocycles. The summed E-state index contributed by atoms with van der Waals surface area (Å²) in [4.78, 5) is 25.8. The first-order valence-corrected chi connectivity index (χ1v) is 5.13. The number of carboxylic acid groups (broad SMARTS) is 1. The van der Waals surface area contributed by atoms with Crippen LogP contribution in [0, 0.1) is 5.92 Å². The van der Waals surface area contributed by atoms with Gasteiger partial charge in [-0.25, -0.2) is 9.78 Å². The second kappa shape index (κ2) is 5.83. The number of H-pyrrole nitrogens is 1. The van der Waals surface area contributed by atoms with Crippen molar-refractivity contribution >= 4 is 12.0 Å². The Morgan fingerprint density at radius 1 is 1.53 bits per heavy atom. The van der Waals surface area contributed by atoms with Gasteiger partial charge in [-0.15, -0.1) is 0 Å². The van der Waals surface area contributed by atoms with Crippen LogP contribution in [0.1, 0.15) is 25.7 Å². The van der Waals surface area contributed by atoms with Gasteiger partial charge in [0.1, 0.15) is 12.2 Å². The highest BCUT2D eigenvalue weighted by Gasteiger charge is 2.14. The Kier molecular flexibility index (Phi) is 4.44. The number of aromatic amines is 1. The summed E-state index contributed by atoms with van der Waals surface area (Å²) in [5, 5.41) is 20.0. The third-order valence-corrected chi connectivity index (χ3v) is 2.18. The summed E-state index contributed by atoms with van der Waals surface area (Å²) < 4.78 is 0. The highest BCUT2D eigenvalue weighted by molar-refractivity contribution is 5.75. The Hall–Kier alpha value is -2.12. The van der Waals surface area contributed by atoms with E-state index in [1.165, 1.54) is 13.3 Å². The molecule has 0 fully saturated rings. The molecule has 0 radical (unpaired) electrons. The van der Waals surface area contributed by atoms with Crippen molar-refractivity contribution in [2.45, 2.75) is 19.9 Å². The summed E-state index contributed by atoms with van der Waals surface area (Å²) in [6.45, 7) is 3.33. The third-order valence-electron chi connectivity index (χ3n) is 2.18. The maximum absolute atomic E-state index is 11.4. The third kappa shape index (κ3) is 4.09. The number of carboxylic acids is 1. The molecule has 8 heteroatoms. The van der Waals surface area contributed by atoms with Crippen LogP contribution in [0.5, 0.6) is 0 Å². The van der Waals surface area contributed by atoms with E-state index in [9.17, 15) is 9.59 Å². The molecule has 0 aliphatic carbocycles. The van der Waals surface area contributed by atoms with Crippen LogP contribution in [0.2, 0.25) is 0 Å². The molecule has 8 nitrogen and oxygen atoms in total. The van der Waals surface area contributed by atoms with Crippen molar-refractivity contribution in [3.05, 3.63) is 12.2 Å². The molecule has 2 amide bonds. The smallest absolute Gasteiger partial charge is 0.315 e. The highest BCUT2D eigenvalue weighted by Crippen LogP contribution is 2.03. The number of rotatable bonds is 5. The van der Waals surface area contributed by atoms with Crippen LogP contribution in [0.25, 0.3) is 0 Å². The van der Waals surface area contributed by atoms with Crippen molar-refractivity contribution in [3.63, 3.8) is 0 Å². The maximum atomic E-state index is 11.4. The molecule has 0 saturated heterocycles. The Morgan fingerprint density at radius 3 is 2.76 bits per heavy atom. The first-order valence-electron chi connectivity index (χ1n) is 5.13. The van der Waals surface area contributed by atoms with Gasteiger partial charge in [-0.1, -0.05) is 6.92 Å². The fraction of sp³-hybridized carbons (Fsp3) is 0.556. The van der Waals surface area contributed by atoms with Gasteiger partial charge in [-0.3, -0.25) is 9.89 Å². The SMILES string of the molecule is CC(CNC(=O)NC(C)c1ncn[nH]1)C(=O)O. The Morgan fingerprint density at radius 2 is 2.24 bits per heavy atom. The summed E-state index contributed by atoms with van der Waals surface area (Å²) in [7, 11) is 0. The number of aromatic nitrogens is 3. The van der Waals surface area contributed by atoms with Gasteiger partial charge >= 0.3 is 12.0 Å². The van der Waals surface area contributed by atoms with Gasteiger partial charge in [0, 0.05) is 6.54 Å². The molecule has 0 bridgehead atoms. The van der Waals surface area contributed by atoms with Gasteiger partial charge in [0.25, 0.3) is 0 Å². The minimum absolute atomic E-state index is 0.0737. The fourth-order valence-corrected chi connectivity index (χ4v) is 1.07. The first kappa shape index (κ1) is 12.9. The zero-order valence-corrected chi connectivity index (χ0v) is 9.60. The van der Waals surface area contributed by atoms with E-state index in [1.54, 1.807) is 6.92 Å². The van der Waals surface area contributed by atoms with E-state index in [0.29, 0.717) is 5.82 Å². The van der Waals surface area contributed by atoms with Gasteiger partial charge in [0.2, 0.25) is 0 Å². The van der Waals surface area contributed by atoms with E-state index in [1.807, 2.05) is 0 Å². The summed E-state index contributed by atoms with van der Waals surface area (Å²) in [6.07, 6.45) is 1.35. The van der Waals surface area contributed by atoms with Crippen LogP contribution in [-0.2, 0) is 4.79 Å². The molecule has 1 rings (SSSR count). The first-order chi connectivity index (χ1) is 8.00. The van der Waals surface area contributed by atoms with Gasteiger partial charge in [0.05, 0.1) is 12.0 Å². The summed E-state index contributed by atoms with van der Waals surface area (Å²) in [6, 6.07) is -0.764. The quantitative estimate of drug-likeness (QED) is 0.573. The molecule has 0 aliphatic rings. The molecule has 0 aromatic carbocycles. The maximum Gasteiger partial charge on any atom is 0.315 e. The van der Waals surface area contributed by atoms with Crippen LogP contribution < -0.4 is 10.6 Å². The Bertz CT molecular complexity index is 378. The second-order valence-corrected chi connectivity index (χ2v) is 3.69. The monoisotopic (exact) mass is 241 g/mol. The normalized spacial score (nSPS) is 13.8. The number of hydrogen-bond donors (Lipinski definition) is 4. The van der Waals surface area contributed by atoms with Gasteiger partial charge in [-0.05, 0) is 6.92 Å². The molecular formula is C9H15N5O3. The number of nitrogens with one attached hydrogen (secondary N) is 3. The predicted octanol–water partition coefficient (Wildman–Crippen LogP) is -0.114. The lowest BCUT2D eigenvalue weighted by molar-refractivity contribution is -0.140. The molecular weight excluding hydrogens is 226 g/mol. The average molecular weight is 241 g/mol. The lowest BCUT2D eigenvalue weighted by atomic mass is 10.2. The summed E-state index contributed by atoms with van der Waals surface area (Å²) in [5.74, 6) is -1.04. The number of nitrogens with zero attached hydrogens (tertiary/aromatic N) is 2. The number of carbonyl (C=O) groups is 2. The van der Waals surface area contributed by atoms with E-state index in [-0.39, 0.29) is 12.6 Å². The number of carbonyl (C=O) groups excluding carboxylic acids is 1. The molecule has 4 N–H and O–H groups in total. The molecule has 0 spiro atoms. The number of aliphatic carboxylic acids is 1. The van der Waals surface area contributed by atoms with Crippen molar-refractivity contribution in [2.75, 3.05) is 6.54 Å². The molecule has 17 heavy (non-hydrogen) atoms. The molecule has 0 aliphatic heterocycles. The molecule has 0 saturated carbocycles. The van der Waals surface area contributed by atoms with Crippen LogP contribution >= 0.6 is 0 Å². The number of hydrogen-bond acceptors (Lipinski definition) is 4. The van der Waals surface area contributed by atoms with Gasteiger partial charge in [0.15, 0.2) is 0 Å². The summed E-state index contributed by atoms with van der Waals surface area (Å²) in [5.41, 5.74) is 0. The minimum atomic E-state index is -0.950. The van der Waals surface area contributed by atoms with Crippen molar-refractivity contribution in [1.82, 2.24) is 25.8 Å². The van der Waals surface area contributed by atoms with E-state index < -0.39 is 17.9 Å². The minimum Gasteiger partial charge on any atom is -0.481 e. The molecule has 1 aromatic rings. The lowest BCUT2D eigenvalue weighted by Gasteiger charge is -2.13. The Labute approximate surface area is 97.8 Å². The van der Waals surface area contributed by atoms with Gasteiger partial charge in [-0.2, -0.15) is 5.10 Å². The topological polar surface area (TPSA) is 120 Å². The zero-order chi connectivity index (χ0) is 12.8. The molecule has 2 unspecified atom stereocenters. The van der Waals surface area contributed by atoms with Crippen molar-refractivity contribution < 1.29 is 14.7 Å². The predicted molar refractivity (Wildman–Crippen MR) is 58.1 cm³/mol. The van der Waals surface area contributed by atoms with E-state index in [2.05, 4.69) is 25.8 Å². The van der Waals surface area contributed by atoms with Crippen molar-refractivity contribution in [3.8, 4) is 0 Å². The molecule has 1 aromatic heterocycles. The van der Waals surface area contributed by atoms with Crippen molar-refractivity contribution in [2.24, 2.45) is 5.92 Å². The second-order valence-electron chi connectivity index (χ2n) is 3.69. The van der Waals surface area contributed by atoms with Crippen LogP contribution in [-0.4, -0.2) is 38.8 Å². The van der Waals surface area contributed by atoms with Crippen LogP contribution in [0.15, 0.2) is 6.33 Å². The summed E-state index contributed by atoms with van der Waals surface area (Å²) >= 11 is 0. The van der Waals surface area contributed by atoms with E-state index >= 15 is 0 Å². The van der Waals surface area contributed by atoms with E-state index in [0.717, 1.165) is 0 Å². The molecule has 2 atom stereocenters. The fourth-order valence-electron chi connectivity index (χ4n) is 1.07. The van der Waals surface area contributed by atoms with Crippen molar-refractivity contribution in [1.29, 1.82) is 0 Å². The number of urea groups is 1. The largest absolute Gasteiger partial charge is 0.481 e. The van der Waals surface area contributed by atoms with Gasteiger partial charge < -0.3 is 15.7 Å². The van der Waals surface area contributed by atoms with Crippen LogP contribution in [0.3, 0.4) is 0 Å². The highest BCUT2D eigenvalue weighted by atomic mass is 16.4. The average Bonchev–Trinajstić information content (AvgIpc) is 2.78. The zero-order valence-electron chi connectivity index (χ0n) is 9.60.